The van der Waals surface area contributed by atoms with E-state index in [0.29, 0.717) is 24.3 Å². The molecule has 0 aliphatic carbocycles. The summed E-state index contributed by atoms with van der Waals surface area (Å²) in [5.74, 6) is -1.56. The van der Waals surface area contributed by atoms with Crippen molar-refractivity contribution < 1.29 is 31.7 Å². The van der Waals surface area contributed by atoms with Crippen molar-refractivity contribution in [3.05, 3.63) is 65.0 Å². The molecule has 2 aromatic heterocycles. The number of carbonyl (C=O) groups is 1. The van der Waals surface area contributed by atoms with Gasteiger partial charge in [-0.05, 0) is 31.7 Å². The van der Waals surface area contributed by atoms with Crippen LogP contribution in [0, 0.1) is 5.82 Å². The van der Waals surface area contributed by atoms with Gasteiger partial charge in [-0.25, -0.2) is 23.1 Å². The number of amides is 1. The van der Waals surface area contributed by atoms with Gasteiger partial charge in [-0.2, -0.15) is 0 Å². The van der Waals surface area contributed by atoms with Crippen molar-refractivity contribution in [2.75, 3.05) is 12.9 Å². The number of hydroxylamine groups is 1. The number of hydrogen-bond acceptors (Lipinski definition) is 8. The number of nitrogens with one attached hydrogen (secondary N) is 1. The Labute approximate surface area is 213 Å². The molecule has 0 saturated carbocycles. The van der Waals surface area contributed by atoms with Gasteiger partial charge in [-0.1, -0.05) is 29.4 Å². The van der Waals surface area contributed by atoms with Crippen LogP contribution in [0.5, 0.6) is 0 Å². The van der Waals surface area contributed by atoms with E-state index in [9.17, 15) is 18.0 Å². The van der Waals surface area contributed by atoms with Gasteiger partial charge in [0.25, 0.3) is 11.5 Å². The molecule has 0 radical (unpaired) electrons. The van der Waals surface area contributed by atoms with Crippen LogP contribution < -0.4 is 11.0 Å². The lowest BCUT2D eigenvalue weighted by Crippen LogP contribution is -2.51. The molecular weight excluding hydrogens is 505 g/mol. The van der Waals surface area contributed by atoms with Crippen LogP contribution in [0.2, 0.25) is 0 Å². The number of hydrogen-bond donors (Lipinski definition) is 1. The normalized spacial score (nSPS) is 17.8. The van der Waals surface area contributed by atoms with Crippen molar-refractivity contribution in [1.82, 2.24) is 15.2 Å². The van der Waals surface area contributed by atoms with Gasteiger partial charge in [0, 0.05) is 55.3 Å². The van der Waals surface area contributed by atoms with Crippen molar-refractivity contribution in [3.63, 3.8) is 0 Å². The first-order valence-electron chi connectivity index (χ1n) is 11.8. The summed E-state index contributed by atoms with van der Waals surface area (Å²) in [6.07, 6.45) is 4.76. The van der Waals surface area contributed by atoms with Gasteiger partial charge >= 0.3 is 0 Å². The molecule has 4 rings (SSSR count). The molecule has 10 nitrogen and oxygen atoms in total. The molecule has 1 unspecified atom stereocenters. The third-order valence-electron chi connectivity index (χ3n) is 6.56. The summed E-state index contributed by atoms with van der Waals surface area (Å²) < 4.78 is 49.4. The molecule has 0 spiro atoms. The molecule has 1 saturated heterocycles. The Morgan fingerprint density at radius 3 is 2.59 bits per heavy atom. The number of aryl methyl sites for hydroxylation is 1. The summed E-state index contributed by atoms with van der Waals surface area (Å²) in [5.41, 5.74) is 3.62. The van der Waals surface area contributed by atoms with Crippen LogP contribution in [0.1, 0.15) is 32.6 Å². The first kappa shape index (κ1) is 26.7. The number of sulfone groups is 1. The zero-order valence-corrected chi connectivity index (χ0v) is 21.3. The Bertz CT molecular complexity index is 1400. The molecule has 3 aromatic rings. The Hall–Kier alpha value is -3.35. The summed E-state index contributed by atoms with van der Waals surface area (Å²) in [6, 6.07) is 9.61. The molecule has 1 amide bonds. The third-order valence-corrected chi connectivity index (χ3v) is 8.58. The Balaban J connectivity index is 1.49. The van der Waals surface area contributed by atoms with E-state index >= 15 is 4.39 Å². The molecule has 1 aromatic carbocycles. The number of pyridine rings is 1. The topological polar surface area (TPSA) is 130 Å². The highest BCUT2D eigenvalue weighted by Crippen LogP contribution is 2.26. The van der Waals surface area contributed by atoms with Crippen LogP contribution in [0.15, 0.2) is 58.2 Å². The summed E-state index contributed by atoms with van der Waals surface area (Å²) in [6.45, 7) is 1.52. The van der Waals surface area contributed by atoms with Crippen LogP contribution in [0.3, 0.4) is 0 Å². The van der Waals surface area contributed by atoms with Crippen molar-refractivity contribution in [2.24, 2.45) is 0 Å². The number of rotatable bonds is 9. The first-order chi connectivity index (χ1) is 17.6. The highest BCUT2D eigenvalue weighted by atomic mass is 32.2. The van der Waals surface area contributed by atoms with Gasteiger partial charge in [0.1, 0.15) is 17.8 Å². The quantitative estimate of drug-likeness (QED) is 0.416. The Morgan fingerprint density at radius 1 is 1.24 bits per heavy atom. The molecular formula is C25H28FN3O7S. The second-order valence-corrected chi connectivity index (χ2v) is 11.6. The lowest BCUT2D eigenvalue weighted by molar-refractivity contribution is -0.201. The van der Waals surface area contributed by atoms with E-state index in [1.807, 2.05) is 0 Å². The zero-order valence-electron chi connectivity index (χ0n) is 20.5. The molecule has 37 heavy (non-hydrogen) atoms. The largest absolute Gasteiger partial charge is 0.364 e. The summed E-state index contributed by atoms with van der Waals surface area (Å²) in [5, 5.41) is 3.85. The van der Waals surface area contributed by atoms with Crippen molar-refractivity contribution in [1.29, 1.82) is 0 Å². The number of carbonyl (C=O) groups excluding carboxylic acids is 1. The highest BCUT2D eigenvalue weighted by molar-refractivity contribution is 7.92. The fraction of sp³-hybridized carbons (Fsp3) is 0.400. The minimum atomic E-state index is -3.94. The maximum atomic E-state index is 15.0. The van der Waals surface area contributed by atoms with Gasteiger partial charge in [0.2, 0.25) is 0 Å². The minimum Gasteiger partial charge on any atom is -0.364 e. The number of ether oxygens (including phenoxy) is 1. The number of benzene rings is 1. The molecule has 1 fully saturated rings. The molecule has 1 aliphatic rings. The van der Waals surface area contributed by atoms with Crippen LogP contribution in [0.25, 0.3) is 22.4 Å². The maximum Gasteiger partial charge on any atom is 0.264 e. The van der Waals surface area contributed by atoms with Crippen LogP contribution >= 0.6 is 0 Å². The summed E-state index contributed by atoms with van der Waals surface area (Å²) in [7, 11) is -3.94. The van der Waals surface area contributed by atoms with E-state index in [0.717, 1.165) is 41.5 Å². The van der Waals surface area contributed by atoms with Crippen LogP contribution in [-0.4, -0.2) is 47.9 Å². The van der Waals surface area contributed by atoms with Crippen molar-refractivity contribution >= 4 is 15.7 Å². The highest BCUT2D eigenvalue weighted by Gasteiger charge is 2.44. The smallest absolute Gasteiger partial charge is 0.264 e. The predicted molar refractivity (Wildman–Crippen MR) is 132 cm³/mol. The molecule has 12 heteroatoms. The molecule has 2 atom stereocenters. The van der Waals surface area contributed by atoms with Crippen LogP contribution in [-0.2, 0) is 30.8 Å². The fourth-order valence-electron chi connectivity index (χ4n) is 3.96. The van der Waals surface area contributed by atoms with Crippen LogP contribution in [0.4, 0.5) is 4.39 Å². The predicted octanol–water partition coefficient (Wildman–Crippen LogP) is 3.08. The fourth-order valence-corrected chi connectivity index (χ4v) is 4.80. The lowest BCUT2D eigenvalue weighted by Gasteiger charge is -2.28. The van der Waals surface area contributed by atoms with E-state index in [2.05, 4.69) is 10.6 Å². The molecule has 1 aliphatic heterocycles. The van der Waals surface area contributed by atoms with Gasteiger partial charge in [-0.15, -0.1) is 0 Å². The van der Waals surface area contributed by atoms with Gasteiger partial charge in [0.05, 0.1) is 0 Å². The summed E-state index contributed by atoms with van der Waals surface area (Å²) >= 11 is 0. The first-order valence-corrected chi connectivity index (χ1v) is 13.7. The SMILES string of the molecule is C[C@@](CCn1cc(F)c(-c2ccc(-c3ccon3)cc2)cc1=O)(C(=O)NOC1CCCCO1)S(C)(=O)=O. The molecule has 0 bridgehead atoms. The van der Waals surface area contributed by atoms with E-state index in [1.54, 1.807) is 30.3 Å². The van der Waals surface area contributed by atoms with E-state index in [-0.39, 0.29) is 18.5 Å². The minimum absolute atomic E-state index is 0.0949. The number of nitrogens with zero attached hydrogens (tertiary/aromatic N) is 2. The maximum absolute atomic E-state index is 15.0. The zero-order chi connectivity index (χ0) is 26.6. The average molecular weight is 534 g/mol. The van der Waals surface area contributed by atoms with Crippen molar-refractivity contribution in [3.8, 4) is 22.4 Å². The molecule has 1 N–H and O–H groups in total. The third kappa shape index (κ3) is 5.97. The second kappa shape index (κ2) is 11.0. The molecule has 3 heterocycles. The van der Waals surface area contributed by atoms with Gasteiger partial charge < -0.3 is 13.8 Å². The second-order valence-electron chi connectivity index (χ2n) is 9.13. The monoisotopic (exact) mass is 533 g/mol. The van der Waals surface area contributed by atoms with Gasteiger partial charge in [-0.3, -0.25) is 9.59 Å². The molecule has 198 valence electrons. The average Bonchev–Trinajstić information content (AvgIpc) is 3.42. The van der Waals surface area contributed by atoms with E-state index in [1.165, 1.54) is 13.2 Å². The van der Waals surface area contributed by atoms with E-state index in [4.69, 9.17) is 14.1 Å². The van der Waals surface area contributed by atoms with Gasteiger partial charge in [0.15, 0.2) is 20.9 Å². The van der Waals surface area contributed by atoms with Crippen molar-refractivity contribution in [2.45, 2.75) is 50.2 Å². The van der Waals surface area contributed by atoms with E-state index < -0.39 is 38.2 Å². The Morgan fingerprint density at radius 2 is 1.97 bits per heavy atom. The number of aromatic nitrogens is 2. The number of halogens is 1. The Kier molecular flexibility index (Phi) is 7.90. The lowest BCUT2D eigenvalue weighted by atomic mass is 10.0. The summed E-state index contributed by atoms with van der Waals surface area (Å²) in [4.78, 5) is 30.9. The standard InChI is InChI=1S/C25H28FN3O7S/c1-25(37(2,32)33,24(31)28-36-23-5-3-4-13-34-23)11-12-29-16-20(26)19(15-22(29)30)17-6-8-18(9-7-17)21-10-14-35-27-21/h6-10,14-16,23H,3-5,11-13H2,1-2H3,(H,28,31)/t23?,25-/m1/s1.